The molecule has 0 aromatic heterocycles. The summed E-state index contributed by atoms with van der Waals surface area (Å²) in [6.45, 7) is 0. The van der Waals surface area contributed by atoms with Crippen LogP contribution in [0.25, 0.3) is 0 Å². The fraction of sp³-hybridized carbons (Fsp3) is 0.143. The molecule has 1 unspecified atom stereocenters. The zero-order valence-electron chi connectivity index (χ0n) is 7.35. The molecule has 0 N–H and O–H groups in total. The molecule has 0 amide bonds. The van der Waals surface area contributed by atoms with Gasteiger partial charge < -0.3 is 9.29 Å². The van der Waals surface area contributed by atoms with E-state index in [1.807, 2.05) is 0 Å². The van der Waals surface area contributed by atoms with Gasteiger partial charge in [-0.25, -0.2) is 0 Å². The van der Waals surface area contributed by atoms with Crippen molar-refractivity contribution in [1.29, 1.82) is 0 Å². The predicted octanol–water partition coefficient (Wildman–Crippen LogP) is -2.07. The van der Waals surface area contributed by atoms with E-state index in [2.05, 4.69) is 11.2 Å². The molecule has 0 saturated heterocycles. The molecule has 0 saturated carbocycles. The molecule has 6 heteroatoms. The molecule has 0 fully saturated rings. The second-order valence-electron chi connectivity index (χ2n) is 2.13. The Morgan fingerprint density at radius 1 is 1.38 bits per heavy atom. The van der Waals surface area contributed by atoms with Gasteiger partial charge in [-0.05, 0) is 44.2 Å². The van der Waals surface area contributed by atoms with E-state index in [4.69, 9.17) is 4.74 Å². The van der Waals surface area contributed by atoms with Crippen LogP contribution in [0.4, 0.5) is 0 Å². The topological polar surface area (TPSA) is 49.4 Å². The van der Waals surface area contributed by atoms with Gasteiger partial charge in [0.2, 0.25) is 0 Å². The normalized spacial score (nSPS) is 14.0. The molecule has 0 aliphatic rings. The smallest absolute Gasteiger partial charge is 0.766 e. The van der Waals surface area contributed by atoms with Gasteiger partial charge >= 0.3 is 51.4 Å². The van der Waals surface area contributed by atoms with Crippen LogP contribution in [0.5, 0.6) is 5.75 Å². The summed E-state index contributed by atoms with van der Waals surface area (Å²) in [4.78, 5) is 0.123. The molecule has 1 atom stereocenters. The van der Waals surface area contributed by atoms with Crippen LogP contribution in [0.15, 0.2) is 29.2 Å². The minimum Gasteiger partial charge on any atom is -0.766 e. The van der Waals surface area contributed by atoms with Crippen molar-refractivity contribution in [3.05, 3.63) is 24.3 Å². The van der Waals surface area contributed by atoms with Gasteiger partial charge in [0.1, 0.15) is 5.75 Å². The van der Waals surface area contributed by atoms with E-state index in [1.54, 1.807) is 12.1 Å². The minimum atomic E-state index is -3.50. The largest absolute Gasteiger partial charge is 1.00 e. The zero-order valence-corrected chi connectivity index (χ0v) is 12.1. The van der Waals surface area contributed by atoms with E-state index >= 15 is 0 Å². The zero-order chi connectivity index (χ0) is 9.19. The minimum absolute atomic E-state index is 0. The van der Waals surface area contributed by atoms with Crippen molar-refractivity contribution in [2.45, 2.75) is 4.90 Å². The maximum atomic E-state index is 10.8. The summed E-state index contributed by atoms with van der Waals surface area (Å²) in [6, 6.07) is 5.95. The number of hydrogen-bond acceptors (Lipinski definition) is 4. The molecule has 0 radical (unpaired) electrons. The van der Waals surface area contributed by atoms with Gasteiger partial charge in [-0.3, -0.25) is 4.21 Å². The van der Waals surface area contributed by atoms with Crippen LogP contribution in [-0.2, 0) is 20.0 Å². The third-order valence-electron chi connectivity index (χ3n) is 1.35. The Morgan fingerprint density at radius 2 is 1.85 bits per heavy atom. The predicted molar refractivity (Wildman–Crippen MR) is 47.5 cm³/mol. The summed E-state index contributed by atoms with van der Waals surface area (Å²) in [7, 11) is -1.99. The third kappa shape index (κ3) is 4.35. The number of benzene rings is 1. The van der Waals surface area contributed by atoms with Gasteiger partial charge in [0.05, 0.1) is 7.11 Å². The van der Waals surface area contributed by atoms with Crippen LogP contribution >= 0.6 is 0 Å². The van der Waals surface area contributed by atoms with Crippen LogP contribution in [0.3, 0.4) is 0 Å². The second-order valence-corrected chi connectivity index (χ2v) is 4.83. The van der Waals surface area contributed by atoms with Crippen molar-refractivity contribution in [3.63, 3.8) is 0 Å². The molecule has 1 aromatic rings. The molecule has 66 valence electrons. The van der Waals surface area contributed by atoms with Gasteiger partial charge in [-0.15, -0.1) is 0 Å². The third-order valence-corrected chi connectivity index (χ3v) is 2.77. The number of hydrogen-bond donors (Lipinski definition) is 0. The standard InChI is InChI=1S/C7H8O3S2.K/c1-10-6-2-4-7(5-3-6)12(8,9)11;/h2-5H,1H3,(H,8,9,11);/q;+1/p-1. The van der Waals surface area contributed by atoms with Crippen LogP contribution in [0.1, 0.15) is 0 Å². The first kappa shape index (κ1) is 14.0. The molecule has 1 rings (SSSR count). The second kappa shape index (κ2) is 5.77. The summed E-state index contributed by atoms with van der Waals surface area (Å²) < 4.78 is 26.5. The number of methoxy groups -OCH3 is 1. The van der Waals surface area contributed by atoms with Crippen LogP contribution in [0.2, 0.25) is 0 Å². The van der Waals surface area contributed by atoms with E-state index in [0.29, 0.717) is 5.75 Å². The molecule has 0 aliphatic carbocycles. The summed E-state index contributed by atoms with van der Waals surface area (Å²) in [5, 5.41) is 0. The quantitative estimate of drug-likeness (QED) is 0.559. The van der Waals surface area contributed by atoms with E-state index < -0.39 is 8.77 Å². The molecule has 13 heavy (non-hydrogen) atoms. The molecule has 0 aliphatic heterocycles. The van der Waals surface area contributed by atoms with E-state index in [-0.39, 0.29) is 56.3 Å². The van der Waals surface area contributed by atoms with Crippen LogP contribution in [0, 0.1) is 0 Å². The summed E-state index contributed by atoms with van der Waals surface area (Å²) in [6.07, 6.45) is 0. The summed E-state index contributed by atoms with van der Waals surface area (Å²) in [5.74, 6) is 0.609. The molecule has 0 bridgehead atoms. The molecular weight excluding hydrogens is 235 g/mol. The van der Waals surface area contributed by atoms with Gasteiger partial charge in [0.25, 0.3) is 0 Å². The first-order chi connectivity index (χ1) is 5.54. The number of ether oxygens (including phenoxy) is 1. The van der Waals surface area contributed by atoms with Crippen molar-refractivity contribution in [2.24, 2.45) is 0 Å². The molecule has 0 heterocycles. The Hall–Kier alpha value is 0.986. The first-order valence-corrected chi connectivity index (χ1v) is 5.55. The van der Waals surface area contributed by atoms with E-state index in [0.717, 1.165) is 0 Å². The molecule has 1 aromatic carbocycles. The Labute approximate surface area is 125 Å². The SMILES string of the molecule is COc1ccc(S(=O)([O-])=S)cc1.[K+]. The van der Waals surface area contributed by atoms with Gasteiger partial charge in [0.15, 0.2) is 0 Å². The van der Waals surface area contributed by atoms with Crippen molar-refractivity contribution in [3.8, 4) is 5.75 Å². The average Bonchev–Trinajstić information content (AvgIpc) is 2.03. The van der Waals surface area contributed by atoms with Crippen molar-refractivity contribution in [1.82, 2.24) is 0 Å². The van der Waals surface area contributed by atoms with E-state index in [1.165, 1.54) is 19.2 Å². The van der Waals surface area contributed by atoms with Crippen molar-refractivity contribution >= 4 is 20.0 Å². The van der Waals surface area contributed by atoms with Crippen molar-refractivity contribution < 1.29 is 64.9 Å². The Kier molecular flexibility index (Phi) is 6.20. The Balaban J connectivity index is 0.00000144. The van der Waals surface area contributed by atoms with Crippen molar-refractivity contribution in [2.75, 3.05) is 7.11 Å². The fourth-order valence-corrected chi connectivity index (χ4v) is 1.55. The maximum absolute atomic E-state index is 10.8. The molecular formula is C7H7KO3S2. The van der Waals surface area contributed by atoms with Gasteiger partial charge in [-0.1, -0.05) is 0 Å². The van der Waals surface area contributed by atoms with Gasteiger partial charge in [-0.2, -0.15) is 0 Å². The van der Waals surface area contributed by atoms with Crippen LogP contribution in [-0.4, -0.2) is 15.9 Å². The Morgan fingerprint density at radius 3 is 2.15 bits per heavy atom. The number of rotatable bonds is 2. The fourth-order valence-electron chi connectivity index (χ4n) is 0.742. The molecule has 0 spiro atoms. The monoisotopic (exact) mass is 242 g/mol. The van der Waals surface area contributed by atoms with Gasteiger partial charge in [0, 0.05) is 4.90 Å². The summed E-state index contributed by atoms with van der Waals surface area (Å²) in [5.41, 5.74) is 0. The summed E-state index contributed by atoms with van der Waals surface area (Å²) >= 11 is 4.26. The first-order valence-electron chi connectivity index (χ1n) is 3.14. The average molecular weight is 242 g/mol. The van der Waals surface area contributed by atoms with E-state index in [9.17, 15) is 8.76 Å². The van der Waals surface area contributed by atoms with Crippen LogP contribution < -0.4 is 56.1 Å². The molecule has 3 nitrogen and oxygen atoms in total. The Bertz CT molecular complexity index is 358. The maximum Gasteiger partial charge on any atom is 1.00 e.